The van der Waals surface area contributed by atoms with Crippen LogP contribution in [0, 0.1) is 0 Å². The first-order chi connectivity index (χ1) is 16.1. The fraction of sp³-hybridized carbons (Fsp3) is 0.120. The third-order valence-electron chi connectivity index (χ3n) is 5.07. The van der Waals surface area contributed by atoms with Crippen molar-refractivity contribution in [2.45, 2.75) is 0 Å². The summed E-state index contributed by atoms with van der Waals surface area (Å²) in [4.78, 5) is 38.1. The zero-order valence-electron chi connectivity index (χ0n) is 17.9. The van der Waals surface area contributed by atoms with Gasteiger partial charge in [0.1, 0.15) is 5.75 Å². The van der Waals surface area contributed by atoms with Crippen molar-refractivity contribution in [3.63, 3.8) is 0 Å². The second kappa shape index (κ2) is 9.78. The average molecular weight is 442 g/mol. The first kappa shape index (κ1) is 21.8. The molecule has 4 rings (SSSR count). The molecule has 0 aliphatic heterocycles. The van der Waals surface area contributed by atoms with Crippen LogP contribution in [0.3, 0.4) is 0 Å². The van der Waals surface area contributed by atoms with Gasteiger partial charge in [-0.3, -0.25) is 14.4 Å². The Balaban J connectivity index is 1.48. The predicted molar refractivity (Wildman–Crippen MR) is 125 cm³/mol. The van der Waals surface area contributed by atoms with Crippen LogP contribution in [0.4, 0.5) is 0 Å². The van der Waals surface area contributed by atoms with Crippen molar-refractivity contribution in [2.24, 2.45) is 0 Å². The van der Waals surface area contributed by atoms with Crippen molar-refractivity contribution >= 4 is 22.6 Å². The number of nitrogens with one attached hydrogen (secondary N) is 2. The van der Waals surface area contributed by atoms with Crippen LogP contribution < -0.4 is 20.9 Å². The molecule has 0 spiro atoms. The van der Waals surface area contributed by atoms with E-state index in [1.807, 2.05) is 6.07 Å². The van der Waals surface area contributed by atoms with Crippen molar-refractivity contribution in [3.8, 4) is 11.4 Å². The van der Waals surface area contributed by atoms with Gasteiger partial charge >= 0.3 is 0 Å². The lowest BCUT2D eigenvalue weighted by Gasteiger charge is -2.12. The molecule has 4 aromatic rings. The van der Waals surface area contributed by atoms with E-state index in [1.165, 1.54) is 4.68 Å². The summed E-state index contributed by atoms with van der Waals surface area (Å²) in [6.45, 7) is 0.425. The number of carbonyl (C=O) groups is 2. The van der Waals surface area contributed by atoms with Crippen LogP contribution >= 0.6 is 0 Å². The summed E-state index contributed by atoms with van der Waals surface area (Å²) in [5.74, 6) is -0.0296. The van der Waals surface area contributed by atoms with Gasteiger partial charge in [0.2, 0.25) is 0 Å². The number of hydrogen-bond acceptors (Lipinski definition) is 5. The molecule has 33 heavy (non-hydrogen) atoms. The number of benzene rings is 3. The molecule has 0 fully saturated rings. The van der Waals surface area contributed by atoms with E-state index >= 15 is 0 Å². The molecule has 8 heteroatoms. The lowest BCUT2D eigenvalue weighted by Crippen LogP contribution is -2.36. The molecular weight excluding hydrogens is 420 g/mol. The zero-order valence-corrected chi connectivity index (χ0v) is 17.9. The van der Waals surface area contributed by atoms with E-state index in [-0.39, 0.29) is 30.2 Å². The molecule has 0 saturated carbocycles. The highest BCUT2D eigenvalue weighted by molar-refractivity contribution is 6.04. The van der Waals surface area contributed by atoms with Crippen molar-refractivity contribution < 1.29 is 14.3 Å². The highest BCUT2D eigenvalue weighted by Crippen LogP contribution is 2.15. The van der Waals surface area contributed by atoms with Gasteiger partial charge in [0.05, 0.1) is 18.2 Å². The molecule has 0 aliphatic carbocycles. The third kappa shape index (κ3) is 4.74. The summed E-state index contributed by atoms with van der Waals surface area (Å²) in [5.41, 5.74) is 0.884. The fourth-order valence-electron chi connectivity index (χ4n) is 3.38. The number of amides is 2. The third-order valence-corrected chi connectivity index (χ3v) is 5.07. The number of ether oxygens (including phenoxy) is 1. The van der Waals surface area contributed by atoms with Crippen LogP contribution in [0.25, 0.3) is 16.5 Å². The van der Waals surface area contributed by atoms with E-state index in [9.17, 15) is 14.4 Å². The molecule has 3 aromatic carbocycles. The molecule has 0 radical (unpaired) electrons. The average Bonchev–Trinajstić information content (AvgIpc) is 2.87. The van der Waals surface area contributed by atoms with E-state index in [2.05, 4.69) is 15.7 Å². The van der Waals surface area contributed by atoms with Crippen LogP contribution in [0.1, 0.15) is 20.8 Å². The highest BCUT2D eigenvalue weighted by Gasteiger charge is 2.17. The molecule has 0 unspecified atom stereocenters. The predicted octanol–water partition coefficient (Wildman–Crippen LogP) is 2.55. The molecule has 2 N–H and O–H groups in total. The number of fused-ring (bicyclic) bond motifs is 1. The monoisotopic (exact) mass is 442 g/mol. The molecule has 166 valence electrons. The minimum atomic E-state index is -0.436. The molecular formula is C25H22N4O4. The minimum absolute atomic E-state index is 0.135. The van der Waals surface area contributed by atoms with Crippen molar-refractivity contribution in [1.82, 2.24) is 20.4 Å². The molecule has 1 heterocycles. The summed E-state index contributed by atoms with van der Waals surface area (Å²) in [5, 5.41) is 10.7. The molecule has 0 saturated heterocycles. The first-order valence-corrected chi connectivity index (χ1v) is 10.4. The molecule has 0 aliphatic rings. The minimum Gasteiger partial charge on any atom is -0.497 e. The van der Waals surface area contributed by atoms with Gasteiger partial charge in [-0.05, 0) is 42.5 Å². The van der Waals surface area contributed by atoms with Gasteiger partial charge in [0.15, 0.2) is 5.69 Å². The van der Waals surface area contributed by atoms with Crippen LogP contribution in [0.5, 0.6) is 5.75 Å². The number of hydrogen-bond donors (Lipinski definition) is 2. The molecule has 8 nitrogen and oxygen atoms in total. The molecule has 0 atom stereocenters. The quantitative estimate of drug-likeness (QED) is 0.428. The summed E-state index contributed by atoms with van der Waals surface area (Å²) < 4.78 is 6.31. The number of methoxy groups -OCH3 is 1. The number of nitrogens with zero attached hydrogens (tertiary/aromatic N) is 2. The van der Waals surface area contributed by atoms with E-state index in [0.29, 0.717) is 27.8 Å². The Morgan fingerprint density at radius 2 is 1.42 bits per heavy atom. The first-order valence-electron chi connectivity index (χ1n) is 10.4. The fourth-order valence-corrected chi connectivity index (χ4v) is 3.38. The largest absolute Gasteiger partial charge is 0.497 e. The Kier molecular flexibility index (Phi) is 6.45. The molecule has 1 aromatic heterocycles. The summed E-state index contributed by atoms with van der Waals surface area (Å²) in [6.07, 6.45) is 0. The van der Waals surface area contributed by atoms with E-state index in [1.54, 1.807) is 79.9 Å². The summed E-state index contributed by atoms with van der Waals surface area (Å²) >= 11 is 0. The van der Waals surface area contributed by atoms with Gasteiger partial charge in [0.25, 0.3) is 17.4 Å². The van der Waals surface area contributed by atoms with E-state index in [0.717, 1.165) is 0 Å². The van der Waals surface area contributed by atoms with Gasteiger partial charge in [-0.25, -0.2) is 0 Å². The standard InChI is InChI=1S/C25H22N4O4/c1-33-19-13-11-17(12-14-19)23(30)26-15-16-27-24(31)22-20-9-5-6-10-21(20)25(32)29(28-22)18-7-3-2-4-8-18/h2-14H,15-16H2,1H3,(H,26,30)(H,27,31). The van der Waals surface area contributed by atoms with Crippen molar-refractivity contribution in [1.29, 1.82) is 0 Å². The van der Waals surface area contributed by atoms with E-state index in [4.69, 9.17) is 4.74 Å². The van der Waals surface area contributed by atoms with Gasteiger partial charge in [-0.2, -0.15) is 9.78 Å². The van der Waals surface area contributed by atoms with Gasteiger partial charge in [-0.1, -0.05) is 36.4 Å². The normalized spacial score (nSPS) is 10.6. The smallest absolute Gasteiger partial charge is 0.279 e. The zero-order chi connectivity index (χ0) is 23.2. The van der Waals surface area contributed by atoms with Gasteiger partial charge in [-0.15, -0.1) is 0 Å². The van der Waals surface area contributed by atoms with Crippen LogP contribution in [-0.4, -0.2) is 41.8 Å². The number of rotatable bonds is 7. The Bertz CT molecular complexity index is 1350. The Hall–Kier alpha value is -4.46. The van der Waals surface area contributed by atoms with Crippen LogP contribution in [-0.2, 0) is 0 Å². The SMILES string of the molecule is COc1ccc(C(=O)NCCNC(=O)c2nn(-c3ccccc3)c(=O)c3ccccc23)cc1. The van der Waals surface area contributed by atoms with E-state index < -0.39 is 5.91 Å². The topological polar surface area (TPSA) is 102 Å². The Morgan fingerprint density at radius 3 is 2.09 bits per heavy atom. The maximum atomic E-state index is 12.9. The van der Waals surface area contributed by atoms with Crippen LogP contribution in [0.2, 0.25) is 0 Å². The lowest BCUT2D eigenvalue weighted by molar-refractivity contribution is 0.0925. The number of carbonyl (C=O) groups excluding carboxylic acids is 2. The maximum absolute atomic E-state index is 12.9. The highest BCUT2D eigenvalue weighted by atomic mass is 16.5. The number of aromatic nitrogens is 2. The summed E-state index contributed by atoms with van der Waals surface area (Å²) in [6, 6.07) is 22.5. The van der Waals surface area contributed by atoms with Crippen molar-refractivity contribution in [3.05, 3.63) is 100 Å². The second-order valence-corrected chi connectivity index (χ2v) is 7.19. The van der Waals surface area contributed by atoms with Crippen LogP contribution in [0.15, 0.2) is 83.7 Å². The Labute approximate surface area is 189 Å². The maximum Gasteiger partial charge on any atom is 0.279 e. The van der Waals surface area contributed by atoms with Gasteiger partial charge in [0, 0.05) is 24.0 Å². The second-order valence-electron chi connectivity index (χ2n) is 7.19. The molecule has 0 bridgehead atoms. The Morgan fingerprint density at radius 1 is 0.818 bits per heavy atom. The lowest BCUT2D eigenvalue weighted by atomic mass is 10.1. The van der Waals surface area contributed by atoms with Crippen molar-refractivity contribution in [2.75, 3.05) is 20.2 Å². The van der Waals surface area contributed by atoms with Gasteiger partial charge < -0.3 is 15.4 Å². The number of para-hydroxylation sites is 1. The molecule has 2 amide bonds. The summed E-state index contributed by atoms with van der Waals surface area (Å²) in [7, 11) is 1.56.